The number of benzene rings is 2. The molecule has 202 valence electrons. The van der Waals surface area contributed by atoms with Crippen LogP contribution in [0.4, 0.5) is 16.3 Å². The molecule has 3 heterocycles. The number of rotatable bonds is 6. The number of aromatic nitrogens is 3. The second-order valence-electron chi connectivity index (χ2n) is 10.3. The fourth-order valence-corrected chi connectivity index (χ4v) is 3.99. The Morgan fingerprint density at radius 2 is 1.87 bits per heavy atom. The van der Waals surface area contributed by atoms with E-state index in [0.29, 0.717) is 29.7 Å². The molecule has 1 saturated heterocycles. The first-order valence-corrected chi connectivity index (χ1v) is 12.9. The van der Waals surface area contributed by atoms with Crippen molar-refractivity contribution < 1.29 is 18.8 Å². The second-order valence-corrected chi connectivity index (χ2v) is 10.3. The maximum atomic E-state index is 12.3. The number of carbonyl (C=O) groups is 1. The summed E-state index contributed by atoms with van der Waals surface area (Å²) in [6.07, 6.45) is 0. The van der Waals surface area contributed by atoms with Gasteiger partial charge in [0.2, 0.25) is 0 Å². The number of morpholine rings is 1. The lowest BCUT2D eigenvalue weighted by molar-refractivity contribution is 0.0322. The zero-order chi connectivity index (χ0) is 27.2. The van der Waals surface area contributed by atoms with E-state index in [1.165, 1.54) is 0 Å². The van der Waals surface area contributed by atoms with E-state index in [0.717, 1.165) is 55.2 Å². The highest BCUT2D eigenvalue weighted by molar-refractivity contribution is 5.99. The van der Waals surface area contributed by atoms with Gasteiger partial charge in [-0.3, -0.25) is 10.2 Å². The number of hydrogen-bond donors (Lipinski definition) is 3. The van der Waals surface area contributed by atoms with E-state index >= 15 is 0 Å². The summed E-state index contributed by atoms with van der Waals surface area (Å²) in [4.78, 5) is 22.5. The minimum atomic E-state index is -0.408. The van der Waals surface area contributed by atoms with Crippen LogP contribution in [0.3, 0.4) is 0 Å². The normalized spacial score (nSPS) is 14.0. The summed E-state index contributed by atoms with van der Waals surface area (Å²) in [5, 5.41) is 9.35. The van der Waals surface area contributed by atoms with Crippen molar-refractivity contribution >= 4 is 28.6 Å². The molecule has 0 bridgehead atoms. The van der Waals surface area contributed by atoms with E-state index in [-0.39, 0.29) is 5.41 Å². The van der Waals surface area contributed by atoms with Gasteiger partial charge in [-0.2, -0.15) is 0 Å². The van der Waals surface area contributed by atoms with Crippen LogP contribution in [-0.2, 0) is 10.2 Å². The van der Waals surface area contributed by atoms with Gasteiger partial charge in [-0.05, 0) is 42.3 Å². The number of urea groups is 1. The highest BCUT2D eigenvalue weighted by Crippen LogP contribution is 2.24. The number of nitrogens with one attached hydrogen (secondary N) is 3. The monoisotopic (exact) mass is 528 g/mol. The molecule has 0 spiro atoms. The lowest BCUT2D eigenvalue weighted by Gasteiger charge is -2.26. The van der Waals surface area contributed by atoms with Crippen LogP contribution in [-0.4, -0.2) is 65.5 Å². The maximum absolute atomic E-state index is 12.3. The lowest BCUT2D eigenvalue weighted by atomic mass is 9.93. The average Bonchev–Trinajstić information content (AvgIpc) is 3.55. The number of H-pyrrole nitrogens is 1. The topological polar surface area (TPSA) is 118 Å². The van der Waals surface area contributed by atoms with Gasteiger partial charge in [-0.25, -0.2) is 9.78 Å². The molecule has 0 aliphatic carbocycles. The molecule has 3 N–H and O–H groups in total. The van der Waals surface area contributed by atoms with Crippen molar-refractivity contribution in [1.82, 2.24) is 20.0 Å². The van der Waals surface area contributed by atoms with Crippen LogP contribution in [0.1, 0.15) is 37.9 Å². The Balaban J connectivity index is 1.14. The smallest absolute Gasteiger partial charge is 0.324 e. The Morgan fingerprint density at radius 3 is 2.62 bits per heavy atom. The number of fused-ring (bicyclic) bond motifs is 1. The SMILES string of the molecule is CC(C)(C)c1cc(NC(=O)Nc2ccc(C#Cc3nc4cc(OCCN5CCOCC5)ccc4[nH]3)cc2)no1. The summed E-state index contributed by atoms with van der Waals surface area (Å²) in [6.45, 7) is 11.0. The van der Waals surface area contributed by atoms with Crippen molar-refractivity contribution in [2.24, 2.45) is 0 Å². The molecule has 5 rings (SSSR count). The van der Waals surface area contributed by atoms with Gasteiger partial charge in [0.05, 0.1) is 24.2 Å². The Kier molecular flexibility index (Phi) is 7.81. The molecule has 2 aromatic heterocycles. The molecular formula is C29H32N6O4. The van der Waals surface area contributed by atoms with Gasteiger partial charge in [0.1, 0.15) is 18.1 Å². The van der Waals surface area contributed by atoms with Crippen LogP contribution in [0.15, 0.2) is 53.1 Å². The molecule has 0 radical (unpaired) electrons. The van der Waals surface area contributed by atoms with Crippen LogP contribution in [0, 0.1) is 11.8 Å². The number of hydrogen-bond acceptors (Lipinski definition) is 7. The number of aromatic amines is 1. The molecule has 2 amide bonds. The van der Waals surface area contributed by atoms with E-state index < -0.39 is 6.03 Å². The van der Waals surface area contributed by atoms with Crippen molar-refractivity contribution in [1.29, 1.82) is 0 Å². The first-order valence-electron chi connectivity index (χ1n) is 12.9. The van der Waals surface area contributed by atoms with Crippen molar-refractivity contribution in [2.75, 3.05) is 50.1 Å². The number of nitrogens with zero attached hydrogens (tertiary/aromatic N) is 3. The molecule has 10 heteroatoms. The van der Waals surface area contributed by atoms with Gasteiger partial charge in [0.25, 0.3) is 0 Å². The van der Waals surface area contributed by atoms with Crippen LogP contribution >= 0.6 is 0 Å². The van der Waals surface area contributed by atoms with Gasteiger partial charge >= 0.3 is 6.03 Å². The summed E-state index contributed by atoms with van der Waals surface area (Å²) in [6, 6.07) is 14.4. The van der Waals surface area contributed by atoms with Crippen molar-refractivity contribution in [3.63, 3.8) is 0 Å². The van der Waals surface area contributed by atoms with Crippen LogP contribution < -0.4 is 15.4 Å². The molecular weight excluding hydrogens is 496 g/mol. The van der Waals surface area contributed by atoms with Gasteiger partial charge in [0.15, 0.2) is 11.6 Å². The molecule has 1 aliphatic rings. The molecule has 0 saturated carbocycles. The predicted molar refractivity (Wildman–Crippen MR) is 149 cm³/mol. The van der Waals surface area contributed by atoms with E-state index in [2.05, 4.69) is 42.5 Å². The van der Waals surface area contributed by atoms with Crippen molar-refractivity contribution in [2.45, 2.75) is 26.2 Å². The Morgan fingerprint density at radius 1 is 1.08 bits per heavy atom. The van der Waals surface area contributed by atoms with Crippen LogP contribution in [0.2, 0.25) is 0 Å². The van der Waals surface area contributed by atoms with Crippen LogP contribution in [0.25, 0.3) is 11.0 Å². The van der Waals surface area contributed by atoms with Gasteiger partial charge in [-0.1, -0.05) is 31.8 Å². The van der Waals surface area contributed by atoms with Crippen molar-refractivity contribution in [3.8, 4) is 17.6 Å². The number of ether oxygens (including phenoxy) is 2. The fourth-order valence-electron chi connectivity index (χ4n) is 3.99. The molecule has 0 unspecified atom stereocenters. The summed E-state index contributed by atoms with van der Waals surface area (Å²) in [5.74, 6) is 8.58. The first-order chi connectivity index (χ1) is 18.8. The number of anilines is 2. The third kappa shape index (κ3) is 7.16. The summed E-state index contributed by atoms with van der Waals surface area (Å²) in [7, 11) is 0. The van der Waals surface area contributed by atoms with E-state index in [4.69, 9.17) is 14.0 Å². The van der Waals surface area contributed by atoms with E-state index in [1.807, 2.05) is 51.1 Å². The zero-order valence-corrected chi connectivity index (χ0v) is 22.3. The molecule has 2 aromatic carbocycles. The van der Waals surface area contributed by atoms with Crippen LogP contribution in [0.5, 0.6) is 5.75 Å². The fraction of sp³-hybridized carbons (Fsp3) is 0.345. The molecule has 1 aliphatic heterocycles. The first kappa shape index (κ1) is 26.3. The number of imidazole rings is 1. The predicted octanol–water partition coefficient (Wildman–Crippen LogP) is 4.60. The molecule has 4 aromatic rings. The average molecular weight is 529 g/mol. The highest BCUT2D eigenvalue weighted by atomic mass is 16.5. The largest absolute Gasteiger partial charge is 0.492 e. The second kappa shape index (κ2) is 11.6. The Labute approximate surface area is 227 Å². The summed E-state index contributed by atoms with van der Waals surface area (Å²) >= 11 is 0. The number of amides is 2. The quantitative estimate of drug-likeness (QED) is 0.313. The summed E-state index contributed by atoms with van der Waals surface area (Å²) < 4.78 is 16.6. The Hall–Kier alpha value is -4.33. The molecule has 1 fully saturated rings. The standard InChI is InChI=1S/C29H32N6O4/c1-29(2,3)25-19-27(34-39-25)33-28(36)30-21-7-4-20(5-8-21)6-11-26-31-23-10-9-22(18-24(23)32-26)38-17-14-35-12-15-37-16-13-35/h4-5,7-10,18-19H,12-17H2,1-3H3,(H,31,32)(H2,30,33,34,36). The minimum absolute atomic E-state index is 0.191. The van der Waals surface area contributed by atoms with Gasteiger partial charge in [-0.15, -0.1) is 0 Å². The number of carbonyl (C=O) groups excluding carboxylic acids is 1. The van der Waals surface area contributed by atoms with Gasteiger partial charge in [0, 0.05) is 48.4 Å². The summed E-state index contributed by atoms with van der Waals surface area (Å²) in [5.41, 5.74) is 2.92. The maximum Gasteiger partial charge on any atom is 0.324 e. The zero-order valence-electron chi connectivity index (χ0n) is 22.3. The third-order valence-corrected chi connectivity index (χ3v) is 6.19. The lowest BCUT2D eigenvalue weighted by Crippen LogP contribution is -2.38. The van der Waals surface area contributed by atoms with Crippen molar-refractivity contribution in [3.05, 3.63) is 65.7 Å². The molecule has 10 nitrogen and oxygen atoms in total. The van der Waals surface area contributed by atoms with E-state index in [1.54, 1.807) is 18.2 Å². The molecule has 39 heavy (non-hydrogen) atoms. The third-order valence-electron chi connectivity index (χ3n) is 6.19. The minimum Gasteiger partial charge on any atom is -0.492 e. The molecule has 0 atom stereocenters. The van der Waals surface area contributed by atoms with E-state index in [9.17, 15) is 4.79 Å². The van der Waals surface area contributed by atoms with Gasteiger partial charge < -0.3 is 24.3 Å². The highest BCUT2D eigenvalue weighted by Gasteiger charge is 2.20. The Bertz CT molecular complexity index is 1480.